The number of carbonyl (C=O) groups is 3. The van der Waals surface area contributed by atoms with Crippen LogP contribution in [0, 0.1) is 0 Å². The smallest absolute Gasteiger partial charge is 0.326 e. The average Bonchev–Trinajstić information content (AvgIpc) is 2.45. The highest BCUT2D eigenvalue weighted by molar-refractivity contribution is 5.91. The number of hydrogen-bond donors (Lipinski definition) is 3. The van der Waals surface area contributed by atoms with Gasteiger partial charge in [-0.3, -0.25) is 9.59 Å². The van der Waals surface area contributed by atoms with Crippen LogP contribution in [0.4, 0.5) is 0 Å². The van der Waals surface area contributed by atoms with Gasteiger partial charge in [0, 0.05) is 0 Å². The molecule has 1 unspecified atom stereocenters. The second-order valence-electron chi connectivity index (χ2n) is 5.21. The fraction of sp³-hybridized carbons (Fsp3) is 0.400. The van der Waals surface area contributed by atoms with E-state index in [4.69, 9.17) is 10.8 Å². The van der Waals surface area contributed by atoms with Crippen molar-refractivity contribution in [1.82, 2.24) is 5.32 Å². The monoisotopic (exact) mass is 290 g/mol. The maximum atomic E-state index is 12.3. The van der Waals surface area contributed by atoms with E-state index in [9.17, 15) is 14.4 Å². The molecule has 0 aromatic heterocycles. The van der Waals surface area contributed by atoms with E-state index in [0.29, 0.717) is 6.42 Å². The molecule has 2 atom stereocenters. The van der Waals surface area contributed by atoms with Gasteiger partial charge in [0.2, 0.25) is 11.8 Å². The Kier molecular flexibility index (Phi) is 4.57. The van der Waals surface area contributed by atoms with Crippen LogP contribution in [-0.2, 0) is 20.8 Å². The Morgan fingerprint density at radius 2 is 2.05 bits per heavy atom. The third-order valence-electron chi connectivity index (χ3n) is 3.71. The van der Waals surface area contributed by atoms with Gasteiger partial charge in [-0.25, -0.2) is 4.79 Å². The Balaban J connectivity index is 2.13. The van der Waals surface area contributed by atoms with E-state index in [1.165, 1.54) is 0 Å². The molecule has 0 fully saturated rings. The molecular formula is C15H18N2O4. The molecule has 0 bridgehead atoms. The molecule has 4 N–H and O–H groups in total. The molecule has 0 saturated carbocycles. The van der Waals surface area contributed by atoms with Crippen LogP contribution in [-0.4, -0.2) is 28.9 Å². The van der Waals surface area contributed by atoms with Crippen molar-refractivity contribution in [2.45, 2.75) is 37.6 Å². The Morgan fingerprint density at radius 1 is 1.33 bits per heavy atom. The number of amides is 2. The van der Waals surface area contributed by atoms with Gasteiger partial charge in [-0.2, -0.15) is 0 Å². The van der Waals surface area contributed by atoms with Crippen LogP contribution in [0.15, 0.2) is 24.3 Å². The van der Waals surface area contributed by atoms with Gasteiger partial charge in [0.25, 0.3) is 0 Å². The van der Waals surface area contributed by atoms with Crippen molar-refractivity contribution >= 4 is 17.8 Å². The topological polar surface area (TPSA) is 109 Å². The van der Waals surface area contributed by atoms with Crippen molar-refractivity contribution in [3.8, 4) is 0 Å². The first-order chi connectivity index (χ1) is 9.99. The number of primary amides is 1. The maximum absolute atomic E-state index is 12.3. The maximum Gasteiger partial charge on any atom is 0.326 e. The standard InChI is InChI=1S/C15H18N2O4/c16-13(18)8-12(15(20)21)17-14(19)11-7-3-5-9-4-1-2-6-10(9)11/h1-2,4,6,11-12H,3,5,7-8H2,(H2,16,18)(H,17,19)(H,20,21)/t11?,12-/m1/s1. The van der Waals surface area contributed by atoms with Crippen molar-refractivity contribution < 1.29 is 19.5 Å². The van der Waals surface area contributed by atoms with E-state index in [2.05, 4.69) is 5.32 Å². The molecular weight excluding hydrogens is 272 g/mol. The molecule has 112 valence electrons. The van der Waals surface area contributed by atoms with Gasteiger partial charge in [-0.15, -0.1) is 0 Å². The first kappa shape index (κ1) is 15.0. The number of hydrogen-bond acceptors (Lipinski definition) is 3. The predicted octanol–water partition coefficient (Wildman–Crippen LogP) is 0.551. The van der Waals surface area contributed by atoms with E-state index in [0.717, 1.165) is 24.0 Å². The SMILES string of the molecule is NC(=O)C[C@@H](NC(=O)C1CCCc2ccccc21)C(=O)O. The van der Waals surface area contributed by atoms with Crippen LogP contribution in [0.5, 0.6) is 0 Å². The van der Waals surface area contributed by atoms with Gasteiger partial charge in [-0.05, 0) is 30.4 Å². The molecule has 2 amide bonds. The third kappa shape index (κ3) is 3.59. The van der Waals surface area contributed by atoms with Crippen LogP contribution in [0.25, 0.3) is 0 Å². The molecule has 0 heterocycles. The lowest BCUT2D eigenvalue weighted by Gasteiger charge is -2.25. The highest BCUT2D eigenvalue weighted by Crippen LogP contribution is 2.31. The second-order valence-corrected chi connectivity index (χ2v) is 5.21. The minimum Gasteiger partial charge on any atom is -0.480 e. The highest BCUT2D eigenvalue weighted by Gasteiger charge is 2.30. The largest absolute Gasteiger partial charge is 0.480 e. The molecule has 21 heavy (non-hydrogen) atoms. The summed E-state index contributed by atoms with van der Waals surface area (Å²) in [5.74, 6) is -2.75. The van der Waals surface area contributed by atoms with Crippen LogP contribution in [0.1, 0.15) is 36.3 Å². The zero-order chi connectivity index (χ0) is 15.4. The van der Waals surface area contributed by atoms with Gasteiger partial charge >= 0.3 is 5.97 Å². The summed E-state index contributed by atoms with van der Waals surface area (Å²) in [6.45, 7) is 0. The summed E-state index contributed by atoms with van der Waals surface area (Å²) in [6.07, 6.45) is 2.06. The van der Waals surface area contributed by atoms with E-state index in [1.807, 2.05) is 24.3 Å². The van der Waals surface area contributed by atoms with Gasteiger partial charge in [-0.1, -0.05) is 24.3 Å². The van der Waals surface area contributed by atoms with Crippen LogP contribution in [0.3, 0.4) is 0 Å². The minimum absolute atomic E-state index is 0.365. The molecule has 1 aliphatic rings. The van der Waals surface area contributed by atoms with Crippen molar-refractivity contribution in [3.63, 3.8) is 0 Å². The third-order valence-corrected chi connectivity index (χ3v) is 3.71. The number of carboxylic acid groups (broad SMARTS) is 1. The van der Waals surface area contributed by atoms with E-state index < -0.39 is 24.3 Å². The van der Waals surface area contributed by atoms with Crippen molar-refractivity contribution in [3.05, 3.63) is 35.4 Å². The quantitative estimate of drug-likeness (QED) is 0.735. The molecule has 0 saturated heterocycles. The van der Waals surface area contributed by atoms with Crippen molar-refractivity contribution in [2.24, 2.45) is 5.73 Å². The molecule has 1 aromatic rings. The number of carboxylic acids is 1. The minimum atomic E-state index is -1.27. The summed E-state index contributed by atoms with van der Waals surface area (Å²) in [5, 5.41) is 11.5. The number of benzene rings is 1. The normalized spacial score (nSPS) is 18.4. The Bertz CT molecular complexity index is 571. The summed E-state index contributed by atoms with van der Waals surface area (Å²) >= 11 is 0. The van der Waals surface area contributed by atoms with Crippen LogP contribution >= 0.6 is 0 Å². The Labute approximate surface area is 122 Å². The average molecular weight is 290 g/mol. The molecule has 0 spiro atoms. The number of aryl methyl sites for hydroxylation is 1. The highest BCUT2D eigenvalue weighted by atomic mass is 16.4. The molecule has 1 aromatic carbocycles. The van der Waals surface area contributed by atoms with E-state index in [-0.39, 0.29) is 11.8 Å². The summed E-state index contributed by atoms with van der Waals surface area (Å²) in [5.41, 5.74) is 7.06. The zero-order valence-electron chi connectivity index (χ0n) is 11.5. The molecule has 0 aliphatic heterocycles. The number of nitrogens with two attached hydrogens (primary N) is 1. The van der Waals surface area contributed by atoms with Crippen molar-refractivity contribution in [1.29, 1.82) is 0 Å². The lowest BCUT2D eigenvalue weighted by atomic mass is 9.82. The number of aliphatic carboxylic acids is 1. The summed E-state index contributed by atoms with van der Waals surface area (Å²) in [4.78, 5) is 34.3. The van der Waals surface area contributed by atoms with Gasteiger partial charge < -0.3 is 16.2 Å². The molecule has 1 aliphatic carbocycles. The number of carbonyl (C=O) groups excluding carboxylic acids is 2. The second kappa shape index (κ2) is 6.39. The van der Waals surface area contributed by atoms with E-state index >= 15 is 0 Å². The van der Waals surface area contributed by atoms with Gasteiger partial charge in [0.1, 0.15) is 6.04 Å². The fourth-order valence-corrected chi connectivity index (χ4v) is 2.70. The Morgan fingerprint density at radius 3 is 2.71 bits per heavy atom. The van der Waals surface area contributed by atoms with Gasteiger partial charge in [0.05, 0.1) is 12.3 Å². The number of fused-ring (bicyclic) bond motifs is 1. The van der Waals surface area contributed by atoms with E-state index in [1.54, 1.807) is 0 Å². The lowest BCUT2D eigenvalue weighted by Crippen LogP contribution is -2.45. The molecule has 0 radical (unpaired) electrons. The number of nitrogens with one attached hydrogen (secondary N) is 1. The molecule has 6 heteroatoms. The van der Waals surface area contributed by atoms with Gasteiger partial charge in [0.15, 0.2) is 0 Å². The first-order valence-electron chi connectivity index (χ1n) is 6.88. The first-order valence-corrected chi connectivity index (χ1v) is 6.88. The van der Waals surface area contributed by atoms with Crippen LogP contribution < -0.4 is 11.1 Å². The molecule has 2 rings (SSSR count). The summed E-state index contributed by atoms with van der Waals surface area (Å²) in [6, 6.07) is 6.38. The lowest BCUT2D eigenvalue weighted by molar-refractivity contribution is -0.143. The number of rotatable bonds is 5. The van der Waals surface area contributed by atoms with Crippen LogP contribution in [0.2, 0.25) is 0 Å². The summed E-state index contributed by atoms with van der Waals surface area (Å²) < 4.78 is 0. The molecule has 6 nitrogen and oxygen atoms in total. The Hall–Kier alpha value is -2.37. The zero-order valence-corrected chi connectivity index (χ0v) is 11.5. The summed E-state index contributed by atoms with van der Waals surface area (Å²) in [7, 11) is 0. The van der Waals surface area contributed by atoms with Crippen molar-refractivity contribution in [2.75, 3.05) is 0 Å². The predicted molar refractivity (Wildman–Crippen MR) is 75.5 cm³/mol. The fourth-order valence-electron chi connectivity index (χ4n) is 2.70.